The quantitative estimate of drug-likeness (QED) is 0.466. The molecular formula is C24H22N4O2S. The van der Waals surface area contributed by atoms with Gasteiger partial charge >= 0.3 is 0 Å². The van der Waals surface area contributed by atoms with Crippen molar-refractivity contribution in [1.29, 1.82) is 0 Å². The number of amides is 2. The van der Waals surface area contributed by atoms with Crippen molar-refractivity contribution in [1.82, 2.24) is 20.4 Å². The maximum atomic E-state index is 12.3. The van der Waals surface area contributed by atoms with Crippen LogP contribution in [0.4, 0.5) is 0 Å². The number of nitrogens with one attached hydrogen (secondary N) is 2. The Labute approximate surface area is 184 Å². The monoisotopic (exact) mass is 430 g/mol. The van der Waals surface area contributed by atoms with Gasteiger partial charge in [0.15, 0.2) is 0 Å². The van der Waals surface area contributed by atoms with Crippen molar-refractivity contribution in [2.45, 2.75) is 13.5 Å². The second-order valence-electron chi connectivity index (χ2n) is 7.02. The number of thiophene rings is 1. The number of nitrogens with zero attached hydrogens (tertiary/aromatic N) is 2. The first-order valence-corrected chi connectivity index (χ1v) is 10.7. The molecule has 0 atom stereocenters. The Morgan fingerprint density at radius 2 is 1.65 bits per heavy atom. The largest absolute Gasteiger partial charge is 0.350 e. The summed E-state index contributed by atoms with van der Waals surface area (Å²) in [6.45, 7) is 2.17. The van der Waals surface area contributed by atoms with Gasteiger partial charge in [0.05, 0.1) is 22.8 Å². The van der Waals surface area contributed by atoms with Gasteiger partial charge in [0.25, 0.3) is 5.91 Å². The zero-order valence-electron chi connectivity index (χ0n) is 17.0. The van der Waals surface area contributed by atoms with Crippen molar-refractivity contribution in [2.75, 3.05) is 6.54 Å². The first-order chi connectivity index (χ1) is 15.1. The minimum atomic E-state index is -0.256. The van der Waals surface area contributed by atoms with Crippen LogP contribution >= 0.6 is 11.3 Å². The fourth-order valence-electron chi connectivity index (χ4n) is 3.15. The summed E-state index contributed by atoms with van der Waals surface area (Å²) in [5, 5.41) is 10.3. The van der Waals surface area contributed by atoms with Crippen molar-refractivity contribution >= 4 is 23.2 Å². The van der Waals surface area contributed by atoms with Gasteiger partial charge in [0.2, 0.25) is 5.91 Å². The maximum absolute atomic E-state index is 12.3. The smallest absolute Gasteiger partial charge is 0.261 e. The summed E-state index contributed by atoms with van der Waals surface area (Å²) in [5.74, 6) is -0.497. The molecule has 2 N–H and O–H groups in total. The third kappa shape index (κ3) is 5.07. The van der Waals surface area contributed by atoms with Crippen LogP contribution in [-0.4, -0.2) is 28.1 Å². The molecular weight excluding hydrogens is 408 g/mol. The lowest BCUT2D eigenvalue weighted by Crippen LogP contribution is -2.36. The van der Waals surface area contributed by atoms with Gasteiger partial charge in [-0.1, -0.05) is 48.5 Å². The molecule has 2 aromatic carbocycles. The number of benzene rings is 2. The highest BCUT2D eigenvalue weighted by atomic mass is 32.1. The summed E-state index contributed by atoms with van der Waals surface area (Å²) in [6.07, 6.45) is 1.92. The van der Waals surface area contributed by atoms with Crippen molar-refractivity contribution in [3.05, 3.63) is 94.3 Å². The molecule has 0 spiro atoms. The molecule has 0 bridgehead atoms. The number of carbonyl (C=O) groups excluding carboxylic acids is 2. The summed E-state index contributed by atoms with van der Waals surface area (Å²) in [5.41, 5.74) is 3.62. The number of hydrogen-bond donors (Lipinski definition) is 2. The Balaban J connectivity index is 1.45. The molecule has 0 saturated carbocycles. The van der Waals surface area contributed by atoms with E-state index in [1.54, 1.807) is 6.07 Å². The third-order valence-corrected chi connectivity index (χ3v) is 5.71. The summed E-state index contributed by atoms with van der Waals surface area (Å²) in [4.78, 5) is 26.1. The Morgan fingerprint density at radius 3 is 2.32 bits per heavy atom. The lowest BCUT2D eigenvalue weighted by molar-refractivity contribution is -0.120. The van der Waals surface area contributed by atoms with Gasteiger partial charge in [-0.15, -0.1) is 11.3 Å². The van der Waals surface area contributed by atoms with Crippen molar-refractivity contribution in [3.8, 4) is 16.9 Å². The molecule has 2 amide bonds. The first kappa shape index (κ1) is 20.6. The average Bonchev–Trinajstić information content (AvgIpc) is 3.44. The molecule has 0 aliphatic rings. The Kier molecular flexibility index (Phi) is 6.24. The second-order valence-corrected chi connectivity index (χ2v) is 8.31. The molecule has 0 radical (unpaired) electrons. The predicted molar refractivity (Wildman–Crippen MR) is 122 cm³/mol. The van der Waals surface area contributed by atoms with E-state index in [0.717, 1.165) is 27.4 Å². The molecule has 6 nitrogen and oxygen atoms in total. The van der Waals surface area contributed by atoms with E-state index in [9.17, 15) is 9.59 Å². The zero-order chi connectivity index (χ0) is 21.6. The number of hydrogen-bond acceptors (Lipinski definition) is 4. The fraction of sp³-hybridized carbons (Fsp3) is 0.125. The molecule has 7 heteroatoms. The molecule has 4 rings (SSSR count). The van der Waals surface area contributed by atoms with Gasteiger partial charge in [-0.05, 0) is 31.2 Å². The Hall–Kier alpha value is -3.71. The van der Waals surface area contributed by atoms with Gasteiger partial charge in [-0.25, -0.2) is 4.68 Å². The lowest BCUT2D eigenvalue weighted by atomic mass is 10.1. The summed E-state index contributed by atoms with van der Waals surface area (Å²) in [7, 11) is 0. The predicted octanol–water partition coefficient (Wildman–Crippen LogP) is 3.96. The van der Waals surface area contributed by atoms with Crippen LogP contribution in [0.15, 0.2) is 79.0 Å². The highest BCUT2D eigenvalue weighted by Crippen LogP contribution is 2.23. The van der Waals surface area contributed by atoms with Crippen LogP contribution in [0.1, 0.15) is 20.1 Å². The van der Waals surface area contributed by atoms with E-state index in [0.29, 0.717) is 11.4 Å². The van der Waals surface area contributed by atoms with E-state index >= 15 is 0 Å². The summed E-state index contributed by atoms with van der Waals surface area (Å²) in [6, 6.07) is 23.3. The Morgan fingerprint density at radius 1 is 0.935 bits per heavy atom. The van der Waals surface area contributed by atoms with E-state index in [4.69, 9.17) is 5.10 Å². The summed E-state index contributed by atoms with van der Waals surface area (Å²) >= 11 is 1.40. The summed E-state index contributed by atoms with van der Waals surface area (Å²) < 4.78 is 1.81. The molecule has 4 aromatic rings. The van der Waals surface area contributed by atoms with Crippen LogP contribution in [0.25, 0.3) is 16.9 Å². The van der Waals surface area contributed by atoms with Gasteiger partial charge in [0.1, 0.15) is 0 Å². The van der Waals surface area contributed by atoms with Crippen molar-refractivity contribution in [2.24, 2.45) is 0 Å². The highest BCUT2D eigenvalue weighted by molar-refractivity contribution is 7.13. The normalized spacial score (nSPS) is 10.6. The molecule has 0 saturated heterocycles. The van der Waals surface area contributed by atoms with E-state index in [1.165, 1.54) is 11.3 Å². The van der Waals surface area contributed by atoms with E-state index in [1.807, 2.05) is 84.5 Å². The van der Waals surface area contributed by atoms with Gasteiger partial charge in [-0.2, -0.15) is 5.10 Å². The molecule has 31 heavy (non-hydrogen) atoms. The molecule has 0 unspecified atom stereocenters. The molecule has 156 valence electrons. The van der Waals surface area contributed by atoms with E-state index in [2.05, 4.69) is 10.6 Å². The third-order valence-electron chi connectivity index (χ3n) is 4.71. The maximum Gasteiger partial charge on any atom is 0.261 e. The van der Waals surface area contributed by atoms with Crippen molar-refractivity contribution in [3.63, 3.8) is 0 Å². The number of aromatic nitrogens is 2. The molecule has 2 heterocycles. The van der Waals surface area contributed by atoms with Crippen LogP contribution in [0.3, 0.4) is 0 Å². The highest BCUT2D eigenvalue weighted by Gasteiger charge is 2.14. The minimum Gasteiger partial charge on any atom is -0.350 e. The van der Waals surface area contributed by atoms with Crippen LogP contribution in [0.5, 0.6) is 0 Å². The molecule has 0 fully saturated rings. The number of para-hydroxylation sites is 1. The number of aryl methyl sites for hydroxylation is 1. The van der Waals surface area contributed by atoms with Crippen LogP contribution in [0, 0.1) is 6.92 Å². The molecule has 2 aromatic heterocycles. The minimum absolute atomic E-state index is 0.0801. The van der Waals surface area contributed by atoms with Crippen LogP contribution in [-0.2, 0) is 11.3 Å². The first-order valence-electron chi connectivity index (χ1n) is 9.91. The fourth-order valence-corrected chi connectivity index (χ4v) is 3.94. The topological polar surface area (TPSA) is 76.0 Å². The van der Waals surface area contributed by atoms with Crippen LogP contribution < -0.4 is 10.6 Å². The van der Waals surface area contributed by atoms with Crippen molar-refractivity contribution < 1.29 is 9.59 Å². The number of rotatable bonds is 7. The second kappa shape index (κ2) is 9.40. The molecule has 0 aliphatic heterocycles. The van der Waals surface area contributed by atoms with Gasteiger partial charge < -0.3 is 10.6 Å². The number of carbonyl (C=O) groups is 2. The Bertz CT molecular complexity index is 1180. The van der Waals surface area contributed by atoms with Crippen LogP contribution in [0.2, 0.25) is 0 Å². The van der Waals surface area contributed by atoms with Gasteiger partial charge in [0, 0.05) is 28.7 Å². The van der Waals surface area contributed by atoms with Gasteiger partial charge in [-0.3, -0.25) is 9.59 Å². The lowest BCUT2D eigenvalue weighted by Gasteiger charge is -2.07. The van der Waals surface area contributed by atoms with E-state index < -0.39 is 0 Å². The standard InChI is InChI=1S/C24H22N4O2S/c1-17-12-13-21(31-17)24(30)26-15-22(29)25-14-19-16-28(20-10-6-3-7-11-20)27-23(19)18-8-4-2-5-9-18/h2-13,16H,14-15H2,1H3,(H,25,29)(H,26,30). The van der Waals surface area contributed by atoms with E-state index in [-0.39, 0.29) is 18.4 Å². The molecule has 0 aliphatic carbocycles. The SMILES string of the molecule is Cc1ccc(C(=O)NCC(=O)NCc2cn(-c3ccccc3)nc2-c2ccccc2)s1. The average molecular weight is 431 g/mol. The zero-order valence-corrected chi connectivity index (χ0v) is 17.9.